The highest BCUT2D eigenvalue weighted by Gasteiger charge is 1.99. The third kappa shape index (κ3) is 3.65. The molecule has 0 unspecified atom stereocenters. The first-order chi connectivity index (χ1) is 6.22. The normalized spacial score (nSPS) is 9.69. The fourth-order valence-corrected chi connectivity index (χ4v) is 1.22. The molecule has 0 aliphatic carbocycles. The average molecular weight is 219 g/mol. The van der Waals surface area contributed by atoms with Gasteiger partial charge in [-0.15, -0.1) is 0 Å². The van der Waals surface area contributed by atoms with Crippen LogP contribution >= 0.6 is 23.8 Å². The quantitative estimate of drug-likeness (QED) is 0.761. The van der Waals surface area contributed by atoms with Crippen molar-refractivity contribution < 1.29 is 4.42 Å². The zero-order valence-electron chi connectivity index (χ0n) is 7.26. The van der Waals surface area contributed by atoms with Gasteiger partial charge in [-0.1, -0.05) is 0 Å². The molecule has 0 spiro atoms. The van der Waals surface area contributed by atoms with Crippen molar-refractivity contribution in [3.05, 3.63) is 23.1 Å². The Balaban J connectivity index is 2.30. The first-order valence-corrected chi connectivity index (χ1v) is 4.77. The van der Waals surface area contributed by atoms with Gasteiger partial charge in [-0.2, -0.15) is 0 Å². The van der Waals surface area contributed by atoms with Crippen molar-refractivity contribution in [1.29, 1.82) is 0 Å². The Morgan fingerprint density at radius 3 is 2.85 bits per heavy atom. The van der Waals surface area contributed by atoms with Crippen LogP contribution in [0, 0.1) is 0 Å². The SMILES string of the molecule is CCNC(=S)NCc1ccc(Cl)o1. The van der Waals surface area contributed by atoms with Gasteiger partial charge in [0, 0.05) is 6.54 Å². The van der Waals surface area contributed by atoms with Gasteiger partial charge in [-0.3, -0.25) is 0 Å². The van der Waals surface area contributed by atoms with Gasteiger partial charge in [0.25, 0.3) is 0 Å². The molecule has 0 saturated heterocycles. The van der Waals surface area contributed by atoms with E-state index < -0.39 is 0 Å². The van der Waals surface area contributed by atoms with Crippen LogP contribution in [0.25, 0.3) is 0 Å². The van der Waals surface area contributed by atoms with Crippen LogP contribution in [0.1, 0.15) is 12.7 Å². The molecule has 72 valence electrons. The van der Waals surface area contributed by atoms with E-state index in [0.29, 0.717) is 16.9 Å². The molecule has 1 rings (SSSR count). The summed E-state index contributed by atoms with van der Waals surface area (Å²) < 4.78 is 5.13. The van der Waals surface area contributed by atoms with Crippen molar-refractivity contribution in [3.8, 4) is 0 Å². The van der Waals surface area contributed by atoms with Crippen molar-refractivity contribution in [2.75, 3.05) is 6.54 Å². The molecule has 0 aromatic carbocycles. The molecule has 0 fully saturated rings. The summed E-state index contributed by atoms with van der Waals surface area (Å²) in [7, 11) is 0. The van der Waals surface area contributed by atoms with Crippen molar-refractivity contribution >= 4 is 28.9 Å². The van der Waals surface area contributed by atoms with Gasteiger partial charge in [0.2, 0.25) is 0 Å². The lowest BCUT2D eigenvalue weighted by Crippen LogP contribution is -2.34. The first-order valence-electron chi connectivity index (χ1n) is 3.98. The Bertz CT molecular complexity index is 287. The zero-order chi connectivity index (χ0) is 9.68. The van der Waals surface area contributed by atoms with Crippen molar-refractivity contribution in [1.82, 2.24) is 10.6 Å². The van der Waals surface area contributed by atoms with Crippen LogP contribution in [0.15, 0.2) is 16.5 Å². The van der Waals surface area contributed by atoms with Crippen molar-refractivity contribution in [2.45, 2.75) is 13.5 Å². The highest BCUT2D eigenvalue weighted by Crippen LogP contribution is 2.12. The standard InChI is InChI=1S/C8H11ClN2OS/c1-2-10-8(13)11-5-6-3-4-7(9)12-6/h3-4H,2,5H2,1H3,(H2,10,11,13). The van der Waals surface area contributed by atoms with Gasteiger partial charge in [-0.05, 0) is 42.9 Å². The van der Waals surface area contributed by atoms with Gasteiger partial charge in [0.15, 0.2) is 10.3 Å². The summed E-state index contributed by atoms with van der Waals surface area (Å²) in [6, 6.07) is 3.51. The second-order valence-corrected chi connectivity index (χ2v) is 3.20. The lowest BCUT2D eigenvalue weighted by molar-refractivity contribution is 0.504. The van der Waals surface area contributed by atoms with Crippen LogP contribution in [0.2, 0.25) is 5.22 Å². The molecule has 1 aromatic rings. The highest BCUT2D eigenvalue weighted by atomic mass is 35.5. The lowest BCUT2D eigenvalue weighted by atomic mass is 10.4. The van der Waals surface area contributed by atoms with E-state index in [0.717, 1.165) is 12.3 Å². The summed E-state index contributed by atoms with van der Waals surface area (Å²) in [4.78, 5) is 0. The van der Waals surface area contributed by atoms with E-state index in [-0.39, 0.29) is 0 Å². The largest absolute Gasteiger partial charge is 0.448 e. The minimum Gasteiger partial charge on any atom is -0.448 e. The molecular formula is C8H11ClN2OS. The molecule has 0 amide bonds. The highest BCUT2D eigenvalue weighted by molar-refractivity contribution is 7.80. The summed E-state index contributed by atoms with van der Waals surface area (Å²) >= 11 is 10.6. The van der Waals surface area contributed by atoms with E-state index in [2.05, 4.69) is 10.6 Å². The van der Waals surface area contributed by atoms with Crippen LogP contribution in [0.4, 0.5) is 0 Å². The predicted molar refractivity (Wildman–Crippen MR) is 56.8 cm³/mol. The number of nitrogens with one attached hydrogen (secondary N) is 2. The van der Waals surface area contributed by atoms with Crippen molar-refractivity contribution in [3.63, 3.8) is 0 Å². The molecule has 13 heavy (non-hydrogen) atoms. The summed E-state index contributed by atoms with van der Waals surface area (Å²) in [5.41, 5.74) is 0. The molecule has 2 N–H and O–H groups in total. The molecule has 5 heteroatoms. The smallest absolute Gasteiger partial charge is 0.193 e. The fourth-order valence-electron chi connectivity index (χ4n) is 0.837. The molecule has 3 nitrogen and oxygen atoms in total. The van der Waals surface area contributed by atoms with Crippen molar-refractivity contribution in [2.24, 2.45) is 0 Å². The Kier molecular flexibility index (Phi) is 4.05. The van der Waals surface area contributed by atoms with Gasteiger partial charge in [0.1, 0.15) is 5.76 Å². The fraction of sp³-hybridized carbons (Fsp3) is 0.375. The summed E-state index contributed by atoms with van der Waals surface area (Å²) in [5, 5.41) is 6.96. The summed E-state index contributed by atoms with van der Waals surface area (Å²) in [5.74, 6) is 0.769. The lowest BCUT2D eigenvalue weighted by Gasteiger charge is -2.06. The van der Waals surface area contributed by atoms with Gasteiger partial charge in [-0.25, -0.2) is 0 Å². The van der Waals surface area contributed by atoms with Gasteiger partial charge in [0.05, 0.1) is 6.54 Å². The maximum absolute atomic E-state index is 5.59. The molecule has 0 aliphatic rings. The maximum Gasteiger partial charge on any atom is 0.193 e. The second kappa shape index (κ2) is 5.09. The van der Waals surface area contributed by atoms with Gasteiger partial charge < -0.3 is 15.1 Å². The Morgan fingerprint density at radius 2 is 2.31 bits per heavy atom. The van der Waals surface area contributed by atoms with E-state index in [1.165, 1.54) is 0 Å². The number of thiocarbonyl (C=S) groups is 1. The third-order valence-corrected chi connectivity index (χ3v) is 1.88. The Hall–Kier alpha value is -0.740. The minimum atomic E-state index is 0.395. The number of rotatable bonds is 3. The topological polar surface area (TPSA) is 37.2 Å². The summed E-state index contributed by atoms with van der Waals surface area (Å²) in [6.07, 6.45) is 0. The number of hydrogen-bond donors (Lipinski definition) is 2. The molecular weight excluding hydrogens is 208 g/mol. The molecule has 0 atom stereocenters. The molecule has 0 radical (unpaired) electrons. The molecule has 0 bridgehead atoms. The first kappa shape index (κ1) is 10.3. The molecule has 0 saturated carbocycles. The van der Waals surface area contributed by atoms with Crippen LogP contribution in [-0.2, 0) is 6.54 Å². The van der Waals surface area contributed by atoms with E-state index in [1.807, 2.05) is 13.0 Å². The van der Waals surface area contributed by atoms with Crippen LogP contribution in [-0.4, -0.2) is 11.7 Å². The number of furan rings is 1. The molecule has 1 aromatic heterocycles. The predicted octanol–water partition coefficient (Wildman–Crippen LogP) is 1.92. The summed E-state index contributed by atoms with van der Waals surface area (Å²) in [6.45, 7) is 3.35. The van der Waals surface area contributed by atoms with Gasteiger partial charge >= 0.3 is 0 Å². The van der Waals surface area contributed by atoms with Crippen LogP contribution in [0.3, 0.4) is 0 Å². The maximum atomic E-state index is 5.59. The third-order valence-electron chi connectivity index (χ3n) is 1.39. The van der Waals surface area contributed by atoms with E-state index in [4.69, 9.17) is 28.2 Å². The zero-order valence-corrected chi connectivity index (χ0v) is 8.84. The van der Waals surface area contributed by atoms with E-state index >= 15 is 0 Å². The van der Waals surface area contributed by atoms with Crippen LogP contribution < -0.4 is 10.6 Å². The van der Waals surface area contributed by atoms with Crippen LogP contribution in [0.5, 0.6) is 0 Å². The Morgan fingerprint density at radius 1 is 1.54 bits per heavy atom. The monoisotopic (exact) mass is 218 g/mol. The average Bonchev–Trinajstić information content (AvgIpc) is 2.49. The number of halogens is 1. The molecule has 0 aliphatic heterocycles. The number of hydrogen-bond acceptors (Lipinski definition) is 2. The van der Waals surface area contributed by atoms with E-state index in [1.54, 1.807) is 6.07 Å². The minimum absolute atomic E-state index is 0.395. The Labute approximate surface area is 87.4 Å². The second-order valence-electron chi connectivity index (χ2n) is 2.42. The van der Waals surface area contributed by atoms with E-state index in [9.17, 15) is 0 Å². The molecule has 1 heterocycles.